The number of aliphatic hydroxyl groups is 1. The summed E-state index contributed by atoms with van der Waals surface area (Å²) in [5.41, 5.74) is 0.0723. The van der Waals surface area contributed by atoms with Crippen molar-refractivity contribution in [3.8, 4) is 0 Å². The van der Waals surface area contributed by atoms with Crippen LogP contribution in [0.3, 0.4) is 0 Å². The van der Waals surface area contributed by atoms with E-state index in [-0.39, 0.29) is 24.3 Å². The van der Waals surface area contributed by atoms with Crippen molar-refractivity contribution in [2.75, 3.05) is 11.9 Å². The zero-order chi connectivity index (χ0) is 16.9. The monoisotopic (exact) mass is 336 g/mol. The van der Waals surface area contributed by atoms with Gasteiger partial charge in [0, 0.05) is 18.3 Å². The molecule has 1 aromatic rings. The van der Waals surface area contributed by atoms with Gasteiger partial charge in [-0.25, -0.2) is 13.2 Å². The number of anilines is 1. The molecule has 3 N–H and O–H groups in total. The molecule has 0 saturated heterocycles. The SMILES string of the molecule is CC(CO)C(C)NC(=O)Nc1cccc(S(=O)(=O)C(F)F)c1. The second-order valence-electron chi connectivity index (χ2n) is 4.88. The Morgan fingerprint density at radius 1 is 1.32 bits per heavy atom. The van der Waals surface area contributed by atoms with Crippen molar-refractivity contribution in [1.29, 1.82) is 0 Å². The standard InChI is InChI=1S/C13H18F2N2O4S/c1-8(7-18)9(2)16-13(19)17-10-4-3-5-11(6-10)22(20,21)12(14)15/h3-6,8-9,12,18H,7H2,1-2H3,(H2,16,17,19). The lowest BCUT2D eigenvalue weighted by molar-refractivity contribution is 0.204. The summed E-state index contributed by atoms with van der Waals surface area (Å²) >= 11 is 0. The maximum Gasteiger partial charge on any atom is 0.341 e. The van der Waals surface area contributed by atoms with Gasteiger partial charge < -0.3 is 15.7 Å². The van der Waals surface area contributed by atoms with Gasteiger partial charge in [-0.2, -0.15) is 8.78 Å². The van der Waals surface area contributed by atoms with E-state index in [4.69, 9.17) is 5.11 Å². The molecule has 0 aromatic heterocycles. The van der Waals surface area contributed by atoms with Crippen LogP contribution < -0.4 is 10.6 Å². The molecule has 1 aromatic carbocycles. The molecule has 2 amide bonds. The zero-order valence-electron chi connectivity index (χ0n) is 12.1. The van der Waals surface area contributed by atoms with Gasteiger partial charge in [0.25, 0.3) is 0 Å². The highest BCUT2D eigenvalue weighted by Crippen LogP contribution is 2.21. The molecule has 0 aliphatic rings. The van der Waals surface area contributed by atoms with Crippen LogP contribution in [0.1, 0.15) is 13.8 Å². The molecule has 0 aliphatic carbocycles. The lowest BCUT2D eigenvalue weighted by Crippen LogP contribution is -2.40. The lowest BCUT2D eigenvalue weighted by Gasteiger charge is -2.19. The van der Waals surface area contributed by atoms with E-state index in [1.165, 1.54) is 12.1 Å². The van der Waals surface area contributed by atoms with Gasteiger partial charge in [-0.1, -0.05) is 13.0 Å². The number of halogens is 2. The highest BCUT2D eigenvalue weighted by Gasteiger charge is 2.26. The molecule has 2 unspecified atom stereocenters. The van der Waals surface area contributed by atoms with Crippen LogP contribution in [0.4, 0.5) is 19.3 Å². The van der Waals surface area contributed by atoms with Crippen LogP contribution in [0.15, 0.2) is 29.2 Å². The molecule has 22 heavy (non-hydrogen) atoms. The third-order valence-corrected chi connectivity index (χ3v) is 4.54. The summed E-state index contributed by atoms with van der Waals surface area (Å²) in [4.78, 5) is 11.2. The van der Waals surface area contributed by atoms with Crippen LogP contribution in [-0.4, -0.2) is 38.0 Å². The molecule has 0 saturated carbocycles. The molecule has 0 radical (unpaired) electrons. The lowest BCUT2D eigenvalue weighted by atomic mass is 10.1. The zero-order valence-corrected chi connectivity index (χ0v) is 12.9. The topological polar surface area (TPSA) is 95.5 Å². The maximum absolute atomic E-state index is 12.5. The largest absolute Gasteiger partial charge is 0.396 e. The summed E-state index contributed by atoms with van der Waals surface area (Å²) in [6.45, 7) is 3.32. The summed E-state index contributed by atoms with van der Waals surface area (Å²) in [7, 11) is -4.71. The van der Waals surface area contributed by atoms with Crippen LogP contribution in [0, 0.1) is 5.92 Å². The first-order valence-electron chi connectivity index (χ1n) is 6.49. The fraction of sp³-hybridized carbons (Fsp3) is 0.462. The number of carbonyl (C=O) groups excluding carboxylic acids is 1. The van der Waals surface area contributed by atoms with Gasteiger partial charge in [0.1, 0.15) is 0 Å². The second kappa shape index (κ2) is 7.50. The highest BCUT2D eigenvalue weighted by atomic mass is 32.2. The summed E-state index contributed by atoms with van der Waals surface area (Å²) in [5, 5.41) is 13.9. The third kappa shape index (κ3) is 4.63. The number of urea groups is 1. The average molecular weight is 336 g/mol. The molecular formula is C13H18F2N2O4S. The number of nitrogens with one attached hydrogen (secondary N) is 2. The quantitative estimate of drug-likeness (QED) is 0.738. The highest BCUT2D eigenvalue weighted by molar-refractivity contribution is 7.91. The predicted molar refractivity (Wildman–Crippen MR) is 77.5 cm³/mol. The van der Waals surface area contributed by atoms with Crippen LogP contribution in [0.2, 0.25) is 0 Å². The van der Waals surface area contributed by atoms with E-state index in [0.29, 0.717) is 0 Å². The maximum atomic E-state index is 12.5. The Morgan fingerprint density at radius 2 is 1.95 bits per heavy atom. The van der Waals surface area contributed by atoms with E-state index < -0.39 is 26.5 Å². The number of rotatable bonds is 6. The fourth-order valence-corrected chi connectivity index (χ4v) is 2.29. The molecule has 2 atom stereocenters. The Bertz CT molecular complexity index is 622. The van der Waals surface area contributed by atoms with Gasteiger partial charge in [-0.15, -0.1) is 0 Å². The van der Waals surface area contributed by atoms with Crippen LogP contribution >= 0.6 is 0 Å². The first-order valence-corrected chi connectivity index (χ1v) is 8.03. The van der Waals surface area contributed by atoms with Crippen molar-refractivity contribution >= 4 is 21.6 Å². The number of carbonyl (C=O) groups is 1. The van der Waals surface area contributed by atoms with Crippen molar-refractivity contribution in [3.05, 3.63) is 24.3 Å². The van der Waals surface area contributed by atoms with Gasteiger partial charge in [0.15, 0.2) is 0 Å². The molecule has 0 spiro atoms. The minimum atomic E-state index is -4.71. The molecule has 0 fully saturated rings. The second-order valence-corrected chi connectivity index (χ2v) is 6.80. The van der Waals surface area contributed by atoms with Crippen molar-refractivity contribution in [2.45, 2.75) is 30.5 Å². The predicted octanol–water partition coefficient (Wildman–Crippen LogP) is 1.82. The molecule has 0 aliphatic heterocycles. The Labute approximate surface area is 127 Å². The summed E-state index contributed by atoms with van der Waals surface area (Å²) in [6.07, 6.45) is 0. The van der Waals surface area contributed by atoms with E-state index in [1.54, 1.807) is 13.8 Å². The molecular weight excluding hydrogens is 318 g/mol. The Kier molecular flexibility index (Phi) is 6.24. The normalized spacial score (nSPS) is 14.5. The van der Waals surface area contributed by atoms with Gasteiger partial charge in [0.2, 0.25) is 9.84 Å². The molecule has 0 heterocycles. The third-order valence-electron chi connectivity index (χ3n) is 3.16. The minimum Gasteiger partial charge on any atom is -0.396 e. The molecule has 124 valence electrons. The molecule has 1 rings (SSSR count). The van der Waals surface area contributed by atoms with Crippen molar-refractivity contribution in [3.63, 3.8) is 0 Å². The van der Waals surface area contributed by atoms with Crippen molar-refractivity contribution in [2.24, 2.45) is 5.92 Å². The van der Waals surface area contributed by atoms with Gasteiger partial charge >= 0.3 is 11.8 Å². The molecule has 9 heteroatoms. The van der Waals surface area contributed by atoms with E-state index in [2.05, 4.69) is 10.6 Å². The van der Waals surface area contributed by atoms with E-state index in [1.807, 2.05) is 0 Å². The number of aliphatic hydroxyl groups excluding tert-OH is 1. The minimum absolute atomic E-state index is 0.0723. The summed E-state index contributed by atoms with van der Waals surface area (Å²) < 4.78 is 47.7. The number of hydrogen-bond donors (Lipinski definition) is 3. The number of hydrogen-bond acceptors (Lipinski definition) is 4. The Hall–Kier alpha value is -1.74. The van der Waals surface area contributed by atoms with E-state index in [0.717, 1.165) is 12.1 Å². The first kappa shape index (κ1) is 18.3. The van der Waals surface area contributed by atoms with Crippen LogP contribution in [0.25, 0.3) is 0 Å². The smallest absolute Gasteiger partial charge is 0.341 e. The van der Waals surface area contributed by atoms with Crippen LogP contribution in [-0.2, 0) is 9.84 Å². The molecule has 0 bridgehead atoms. The van der Waals surface area contributed by atoms with E-state index >= 15 is 0 Å². The summed E-state index contributed by atoms with van der Waals surface area (Å²) in [6, 6.07) is 3.68. The van der Waals surface area contributed by atoms with Crippen molar-refractivity contribution < 1.29 is 27.1 Å². The fourth-order valence-electron chi connectivity index (χ4n) is 1.53. The number of amides is 2. The van der Waals surface area contributed by atoms with Gasteiger partial charge in [0.05, 0.1) is 4.90 Å². The number of benzene rings is 1. The first-order chi connectivity index (χ1) is 10.2. The van der Waals surface area contributed by atoms with Gasteiger partial charge in [-0.05, 0) is 31.0 Å². The Morgan fingerprint density at radius 3 is 2.50 bits per heavy atom. The van der Waals surface area contributed by atoms with Gasteiger partial charge in [-0.3, -0.25) is 0 Å². The number of alkyl halides is 2. The molecule has 6 nitrogen and oxygen atoms in total. The van der Waals surface area contributed by atoms with Crippen LogP contribution in [0.5, 0.6) is 0 Å². The average Bonchev–Trinajstić information content (AvgIpc) is 2.46. The van der Waals surface area contributed by atoms with Crippen molar-refractivity contribution in [1.82, 2.24) is 5.32 Å². The number of sulfone groups is 1. The summed E-state index contributed by atoms with van der Waals surface area (Å²) in [5.74, 6) is -3.70. The van der Waals surface area contributed by atoms with E-state index in [9.17, 15) is 22.0 Å². The Balaban J connectivity index is 2.82.